The van der Waals surface area contributed by atoms with Crippen molar-refractivity contribution in [3.05, 3.63) is 24.0 Å². The molecule has 0 bridgehead atoms. The van der Waals surface area contributed by atoms with Gasteiger partial charge in [0.1, 0.15) is 5.82 Å². The van der Waals surface area contributed by atoms with Crippen LogP contribution < -0.4 is 10.5 Å². The first-order valence-corrected chi connectivity index (χ1v) is 7.31. The summed E-state index contributed by atoms with van der Waals surface area (Å²) in [6.07, 6.45) is 0.459. The lowest BCUT2D eigenvalue weighted by atomic mass is 9.90. The third kappa shape index (κ3) is 4.77. The van der Waals surface area contributed by atoms with Gasteiger partial charge in [0, 0.05) is 18.8 Å². The second-order valence-corrected chi connectivity index (χ2v) is 6.95. The van der Waals surface area contributed by atoms with E-state index in [1.807, 2.05) is 13.8 Å². The molecule has 0 aliphatic heterocycles. The van der Waals surface area contributed by atoms with Crippen molar-refractivity contribution < 1.29 is 17.9 Å². The molecule has 7 heteroatoms. The molecule has 0 aliphatic rings. The maximum atomic E-state index is 13.1. The van der Waals surface area contributed by atoms with Gasteiger partial charge in [0.05, 0.1) is 4.90 Å². The fraction of sp³-hybridized carbons (Fsp3) is 0.500. The second kappa shape index (κ2) is 5.85. The molecule has 0 atom stereocenters. The molecule has 0 radical (unpaired) electrons. The molecular weight excluding hydrogens is 271 g/mol. The summed E-state index contributed by atoms with van der Waals surface area (Å²) in [5.74, 6) is -0.699. The standard InChI is InChI=1S/C12H19FN2O3S/c1-12(2,3-4-16)8-15-19(17,18)11-6-9(13)5-10(14)7-11/h5-7,15-16H,3-4,8,14H2,1-2H3. The maximum absolute atomic E-state index is 13.1. The largest absolute Gasteiger partial charge is 0.399 e. The molecule has 0 spiro atoms. The van der Waals surface area contributed by atoms with Gasteiger partial charge in [-0.1, -0.05) is 13.8 Å². The van der Waals surface area contributed by atoms with Crippen LogP contribution in [0.15, 0.2) is 23.1 Å². The number of hydrogen-bond acceptors (Lipinski definition) is 4. The normalized spacial score (nSPS) is 12.6. The zero-order valence-electron chi connectivity index (χ0n) is 11.0. The van der Waals surface area contributed by atoms with Gasteiger partial charge in [-0.3, -0.25) is 0 Å². The lowest BCUT2D eigenvalue weighted by Crippen LogP contribution is -2.34. The van der Waals surface area contributed by atoms with E-state index in [2.05, 4.69) is 4.72 Å². The molecule has 108 valence electrons. The van der Waals surface area contributed by atoms with E-state index in [0.717, 1.165) is 12.1 Å². The van der Waals surface area contributed by atoms with Crippen LogP contribution in [0.2, 0.25) is 0 Å². The number of nitrogens with two attached hydrogens (primary N) is 1. The predicted octanol–water partition coefficient (Wildman–Crippen LogP) is 1.09. The molecule has 0 fully saturated rings. The van der Waals surface area contributed by atoms with Crippen molar-refractivity contribution in [1.29, 1.82) is 0 Å². The predicted molar refractivity (Wildman–Crippen MR) is 71.5 cm³/mol. The van der Waals surface area contributed by atoms with Crippen molar-refractivity contribution >= 4 is 15.7 Å². The van der Waals surface area contributed by atoms with Crippen LogP contribution in [-0.4, -0.2) is 26.7 Å². The summed E-state index contributed by atoms with van der Waals surface area (Å²) in [6.45, 7) is 3.77. The maximum Gasteiger partial charge on any atom is 0.240 e. The van der Waals surface area contributed by atoms with Gasteiger partial charge >= 0.3 is 0 Å². The first-order chi connectivity index (χ1) is 8.66. The minimum absolute atomic E-state index is 0.0261. The Bertz CT molecular complexity index is 524. The summed E-state index contributed by atoms with van der Waals surface area (Å²) >= 11 is 0. The molecule has 0 heterocycles. The SMILES string of the molecule is CC(C)(CCO)CNS(=O)(=O)c1cc(N)cc(F)c1. The number of hydrogen-bond donors (Lipinski definition) is 3. The first-order valence-electron chi connectivity index (χ1n) is 5.83. The number of halogens is 1. The Balaban J connectivity index is 2.87. The van der Waals surface area contributed by atoms with E-state index in [4.69, 9.17) is 10.8 Å². The molecule has 1 aromatic carbocycles. The average Bonchev–Trinajstić information content (AvgIpc) is 2.25. The van der Waals surface area contributed by atoms with Gasteiger partial charge in [-0.05, 0) is 30.0 Å². The molecule has 19 heavy (non-hydrogen) atoms. The highest BCUT2D eigenvalue weighted by atomic mass is 32.2. The summed E-state index contributed by atoms with van der Waals surface area (Å²) in [5.41, 5.74) is 5.08. The van der Waals surface area contributed by atoms with Crippen LogP contribution in [0.25, 0.3) is 0 Å². The van der Waals surface area contributed by atoms with E-state index in [1.165, 1.54) is 6.07 Å². The molecule has 0 aliphatic carbocycles. The second-order valence-electron chi connectivity index (χ2n) is 5.18. The van der Waals surface area contributed by atoms with Crippen LogP contribution in [0, 0.1) is 11.2 Å². The van der Waals surface area contributed by atoms with Gasteiger partial charge in [0.2, 0.25) is 10.0 Å². The molecule has 0 aromatic heterocycles. The summed E-state index contributed by atoms with van der Waals surface area (Å²) in [4.78, 5) is -0.204. The van der Waals surface area contributed by atoms with Gasteiger partial charge < -0.3 is 10.8 Å². The lowest BCUT2D eigenvalue weighted by molar-refractivity contribution is 0.213. The molecule has 1 rings (SSSR count). The Morgan fingerprint density at radius 1 is 1.37 bits per heavy atom. The van der Waals surface area contributed by atoms with E-state index < -0.39 is 15.8 Å². The molecular formula is C12H19FN2O3S. The summed E-state index contributed by atoms with van der Waals surface area (Å²) < 4.78 is 39.5. The number of benzene rings is 1. The number of nitrogens with one attached hydrogen (secondary N) is 1. The Labute approximate surface area is 112 Å². The van der Waals surface area contributed by atoms with E-state index in [9.17, 15) is 12.8 Å². The Hall–Kier alpha value is -1.18. The number of aliphatic hydroxyl groups is 1. The number of anilines is 1. The Morgan fingerprint density at radius 2 is 2.00 bits per heavy atom. The molecule has 5 nitrogen and oxygen atoms in total. The van der Waals surface area contributed by atoms with Crippen LogP contribution >= 0.6 is 0 Å². The number of nitrogen functional groups attached to an aromatic ring is 1. The van der Waals surface area contributed by atoms with Crippen molar-refractivity contribution in [2.45, 2.75) is 25.2 Å². The Morgan fingerprint density at radius 3 is 2.53 bits per heavy atom. The van der Waals surface area contributed by atoms with Gasteiger partial charge in [-0.15, -0.1) is 0 Å². The summed E-state index contributed by atoms with van der Waals surface area (Å²) in [6, 6.07) is 3.16. The smallest absolute Gasteiger partial charge is 0.240 e. The van der Waals surface area contributed by atoms with Gasteiger partial charge in [-0.2, -0.15) is 0 Å². The molecule has 4 N–H and O–H groups in total. The van der Waals surface area contributed by atoms with E-state index in [1.54, 1.807) is 0 Å². The molecule has 1 aromatic rings. The van der Waals surface area contributed by atoms with Crippen molar-refractivity contribution in [2.24, 2.45) is 5.41 Å². The monoisotopic (exact) mass is 290 g/mol. The van der Waals surface area contributed by atoms with Crippen molar-refractivity contribution in [1.82, 2.24) is 4.72 Å². The van der Waals surface area contributed by atoms with Crippen molar-refractivity contribution in [3.8, 4) is 0 Å². The van der Waals surface area contributed by atoms with E-state index in [0.29, 0.717) is 6.42 Å². The van der Waals surface area contributed by atoms with Crippen LogP contribution in [0.1, 0.15) is 20.3 Å². The number of rotatable bonds is 6. The molecule has 0 amide bonds. The van der Waals surface area contributed by atoms with Crippen molar-refractivity contribution in [3.63, 3.8) is 0 Å². The molecule has 0 unspecified atom stereocenters. The van der Waals surface area contributed by atoms with Crippen molar-refractivity contribution in [2.75, 3.05) is 18.9 Å². The van der Waals surface area contributed by atoms with Gasteiger partial charge in [-0.25, -0.2) is 17.5 Å². The third-order valence-corrected chi connectivity index (χ3v) is 4.11. The highest BCUT2D eigenvalue weighted by Crippen LogP contribution is 2.20. The van der Waals surface area contributed by atoms with Gasteiger partial charge in [0.25, 0.3) is 0 Å². The minimum atomic E-state index is -3.81. The average molecular weight is 290 g/mol. The summed E-state index contributed by atoms with van der Waals surface area (Å²) in [5, 5.41) is 8.88. The zero-order valence-corrected chi connectivity index (χ0v) is 11.8. The fourth-order valence-corrected chi connectivity index (χ4v) is 2.81. The van der Waals surface area contributed by atoms with Crippen LogP contribution in [0.4, 0.5) is 10.1 Å². The highest BCUT2D eigenvalue weighted by molar-refractivity contribution is 7.89. The van der Waals surface area contributed by atoms with Crippen LogP contribution in [0.5, 0.6) is 0 Å². The third-order valence-electron chi connectivity index (χ3n) is 2.73. The zero-order chi connectivity index (χ0) is 14.7. The fourth-order valence-electron chi connectivity index (χ4n) is 1.50. The first kappa shape index (κ1) is 15.9. The van der Waals surface area contributed by atoms with Crippen LogP contribution in [-0.2, 0) is 10.0 Å². The minimum Gasteiger partial charge on any atom is -0.399 e. The Kier molecular flexibility index (Phi) is 4.89. The number of sulfonamides is 1. The topological polar surface area (TPSA) is 92.4 Å². The number of aliphatic hydroxyl groups excluding tert-OH is 1. The van der Waals surface area contributed by atoms with E-state index in [-0.39, 0.29) is 29.1 Å². The quantitative estimate of drug-likeness (QED) is 0.684. The van der Waals surface area contributed by atoms with E-state index >= 15 is 0 Å². The highest BCUT2D eigenvalue weighted by Gasteiger charge is 2.22. The molecule has 0 saturated carbocycles. The molecule has 0 saturated heterocycles. The van der Waals surface area contributed by atoms with Gasteiger partial charge in [0.15, 0.2) is 0 Å². The summed E-state index contributed by atoms with van der Waals surface area (Å²) in [7, 11) is -3.81. The lowest BCUT2D eigenvalue weighted by Gasteiger charge is -2.23. The van der Waals surface area contributed by atoms with Crippen LogP contribution in [0.3, 0.4) is 0 Å².